The molecule has 5 nitrogen and oxygen atoms in total. The van der Waals surface area contributed by atoms with Crippen LogP contribution < -0.4 is 10.6 Å². The third-order valence-electron chi connectivity index (χ3n) is 3.52. The third kappa shape index (κ3) is 2.91. The van der Waals surface area contributed by atoms with Crippen LogP contribution in [0.15, 0.2) is 0 Å². The van der Waals surface area contributed by atoms with Crippen LogP contribution in [0.3, 0.4) is 0 Å². The fraction of sp³-hybridized carbons (Fsp3) is 0.667. The normalized spacial score (nSPS) is 21.6. The summed E-state index contributed by atoms with van der Waals surface area (Å²) in [5, 5.41) is 9.46. The van der Waals surface area contributed by atoms with Crippen LogP contribution in [-0.4, -0.2) is 34.2 Å². The van der Waals surface area contributed by atoms with Gasteiger partial charge in [0.15, 0.2) is 0 Å². The van der Waals surface area contributed by atoms with Crippen molar-refractivity contribution < 1.29 is 13.6 Å². The van der Waals surface area contributed by atoms with Crippen LogP contribution in [0.4, 0.5) is 8.78 Å². The van der Waals surface area contributed by atoms with E-state index >= 15 is 0 Å². The first kappa shape index (κ1) is 13.9. The zero-order valence-electron chi connectivity index (χ0n) is 11.3. The maximum absolute atomic E-state index is 13.0. The number of aromatic nitrogens is 2. The maximum atomic E-state index is 13.0. The Morgan fingerprint density at radius 1 is 1.58 bits per heavy atom. The van der Waals surface area contributed by atoms with Gasteiger partial charge in [-0.2, -0.15) is 5.10 Å². The standard InChI is InChI=1S/C12H18F2N4O/c1-7-9(8(2)18(3)17-7)5-15-11(19)10-4-12(13,14)6-16-10/h10,16H,4-6H2,1-3H3,(H,15,19). The average Bonchev–Trinajstić information content (AvgIpc) is 2.79. The van der Waals surface area contributed by atoms with Crippen LogP contribution in [0, 0.1) is 13.8 Å². The van der Waals surface area contributed by atoms with E-state index < -0.39 is 24.9 Å². The van der Waals surface area contributed by atoms with Crippen molar-refractivity contribution in [1.29, 1.82) is 0 Å². The lowest BCUT2D eigenvalue weighted by Crippen LogP contribution is -2.40. The van der Waals surface area contributed by atoms with Gasteiger partial charge >= 0.3 is 0 Å². The van der Waals surface area contributed by atoms with E-state index in [1.54, 1.807) is 4.68 Å². The molecule has 0 bridgehead atoms. The van der Waals surface area contributed by atoms with E-state index in [0.717, 1.165) is 17.0 Å². The Labute approximate surface area is 110 Å². The number of halogens is 2. The predicted molar refractivity (Wildman–Crippen MR) is 65.9 cm³/mol. The Morgan fingerprint density at radius 3 is 2.74 bits per heavy atom. The molecule has 1 atom stereocenters. The topological polar surface area (TPSA) is 59.0 Å². The fourth-order valence-corrected chi connectivity index (χ4v) is 2.27. The van der Waals surface area contributed by atoms with Gasteiger partial charge in [-0.3, -0.25) is 14.8 Å². The molecule has 1 aliphatic rings. The van der Waals surface area contributed by atoms with Gasteiger partial charge in [-0.15, -0.1) is 0 Å². The first-order valence-electron chi connectivity index (χ1n) is 6.18. The minimum Gasteiger partial charge on any atom is -0.351 e. The third-order valence-corrected chi connectivity index (χ3v) is 3.52. The second kappa shape index (κ2) is 4.88. The van der Waals surface area contributed by atoms with E-state index in [1.807, 2.05) is 20.9 Å². The molecule has 1 saturated heterocycles. The number of nitrogens with zero attached hydrogens (tertiary/aromatic N) is 2. The summed E-state index contributed by atoms with van der Waals surface area (Å²) in [6.45, 7) is 3.64. The molecule has 0 radical (unpaired) electrons. The quantitative estimate of drug-likeness (QED) is 0.849. The molecule has 1 aromatic heterocycles. The number of alkyl halides is 2. The second-order valence-electron chi connectivity index (χ2n) is 4.98. The first-order chi connectivity index (χ1) is 8.80. The van der Waals surface area contributed by atoms with Crippen LogP contribution in [0.2, 0.25) is 0 Å². The number of aryl methyl sites for hydroxylation is 2. The van der Waals surface area contributed by atoms with Crippen molar-refractivity contribution in [1.82, 2.24) is 20.4 Å². The molecule has 1 aromatic rings. The molecule has 0 aliphatic carbocycles. The highest BCUT2D eigenvalue weighted by Crippen LogP contribution is 2.25. The lowest BCUT2D eigenvalue weighted by molar-refractivity contribution is -0.123. The zero-order chi connectivity index (χ0) is 14.2. The largest absolute Gasteiger partial charge is 0.351 e. The van der Waals surface area contributed by atoms with E-state index in [9.17, 15) is 13.6 Å². The SMILES string of the molecule is Cc1nn(C)c(C)c1CNC(=O)C1CC(F)(F)CN1. The summed E-state index contributed by atoms with van der Waals surface area (Å²) in [7, 11) is 1.83. The number of carbonyl (C=O) groups excluding carboxylic acids is 1. The Morgan fingerprint density at radius 2 is 2.26 bits per heavy atom. The molecule has 1 amide bonds. The summed E-state index contributed by atoms with van der Waals surface area (Å²) in [5.74, 6) is -3.18. The lowest BCUT2D eigenvalue weighted by atomic mass is 10.1. The van der Waals surface area contributed by atoms with Crippen molar-refractivity contribution in [3.63, 3.8) is 0 Å². The van der Waals surface area contributed by atoms with Gasteiger partial charge in [0, 0.05) is 31.3 Å². The van der Waals surface area contributed by atoms with Crippen LogP contribution in [0.1, 0.15) is 23.4 Å². The van der Waals surface area contributed by atoms with Gasteiger partial charge in [-0.05, 0) is 13.8 Å². The van der Waals surface area contributed by atoms with E-state index in [-0.39, 0.29) is 5.91 Å². The van der Waals surface area contributed by atoms with E-state index in [1.165, 1.54) is 0 Å². The number of hydrogen-bond acceptors (Lipinski definition) is 3. The summed E-state index contributed by atoms with van der Waals surface area (Å²) < 4.78 is 27.7. The molecule has 2 heterocycles. The molecular formula is C12H18F2N4O. The Kier molecular flexibility index (Phi) is 3.58. The van der Waals surface area contributed by atoms with Crippen molar-refractivity contribution in [3.8, 4) is 0 Å². The molecule has 2 rings (SSSR count). The number of amides is 1. The van der Waals surface area contributed by atoms with Gasteiger partial charge in [0.05, 0.1) is 18.3 Å². The lowest BCUT2D eigenvalue weighted by Gasteiger charge is -2.11. The summed E-state index contributed by atoms with van der Waals surface area (Å²) >= 11 is 0. The number of carbonyl (C=O) groups is 1. The summed E-state index contributed by atoms with van der Waals surface area (Å²) in [5.41, 5.74) is 2.73. The molecule has 1 fully saturated rings. The van der Waals surface area contributed by atoms with Gasteiger partial charge in [-0.25, -0.2) is 8.78 Å². The Bertz CT molecular complexity index is 498. The monoisotopic (exact) mass is 272 g/mol. The molecule has 19 heavy (non-hydrogen) atoms. The average molecular weight is 272 g/mol. The minimum atomic E-state index is -2.79. The predicted octanol–water partition coefficient (Wildman–Crippen LogP) is 0.650. The van der Waals surface area contributed by atoms with E-state index in [0.29, 0.717) is 6.54 Å². The molecule has 1 aliphatic heterocycles. The van der Waals surface area contributed by atoms with E-state index in [4.69, 9.17) is 0 Å². The highest BCUT2D eigenvalue weighted by Gasteiger charge is 2.42. The number of nitrogens with one attached hydrogen (secondary N) is 2. The number of rotatable bonds is 3. The highest BCUT2D eigenvalue weighted by atomic mass is 19.3. The molecule has 0 saturated carbocycles. The van der Waals surface area contributed by atoms with Crippen molar-refractivity contribution in [2.24, 2.45) is 7.05 Å². The van der Waals surface area contributed by atoms with Gasteiger partial charge in [-0.1, -0.05) is 0 Å². The van der Waals surface area contributed by atoms with Crippen molar-refractivity contribution in [3.05, 3.63) is 17.0 Å². The van der Waals surface area contributed by atoms with Crippen molar-refractivity contribution in [2.75, 3.05) is 6.54 Å². The highest BCUT2D eigenvalue weighted by molar-refractivity contribution is 5.82. The van der Waals surface area contributed by atoms with Gasteiger partial charge in [0.25, 0.3) is 5.92 Å². The van der Waals surface area contributed by atoms with Gasteiger partial charge in [0.2, 0.25) is 5.91 Å². The molecule has 1 unspecified atom stereocenters. The maximum Gasteiger partial charge on any atom is 0.262 e. The molecular weight excluding hydrogens is 254 g/mol. The number of hydrogen-bond donors (Lipinski definition) is 2. The summed E-state index contributed by atoms with van der Waals surface area (Å²) in [4.78, 5) is 11.8. The Balaban J connectivity index is 1.94. The smallest absolute Gasteiger partial charge is 0.262 e. The second-order valence-corrected chi connectivity index (χ2v) is 4.98. The molecule has 106 valence electrons. The molecule has 0 spiro atoms. The first-order valence-corrected chi connectivity index (χ1v) is 6.18. The molecule has 7 heteroatoms. The molecule has 0 aromatic carbocycles. The Hall–Kier alpha value is -1.50. The zero-order valence-corrected chi connectivity index (χ0v) is 11.3. The summed E-state index contributed by atoms with van der Waals surface area (Å²) in [6, 6.07) is -0.813. The molecule has 2 N–H and O–H groups in total. The van der Waals surface area contributed by atoms with E-state index in [2.05, 4.69) is 15.7 Å². The van der Waals surface area contributed by atoms with Crippen molar-refractivity contribution >= 4 is 5.91 Å². The van der Waals surface area contributed by atoms with Gasteiger partial charge in [0.1, 0.15) is 0 Å². The summed E-state index contributed by atoms with van der Waals surface area (Å²) in [6.07, 6.45) is -0.441. The van der Waals surface area contributed by atoms with Crippen LogP contribution in [0.5, 0.6) is 0 Å². The van der Waals surface area contributed by atoms with Gasteiger partial charge < -0.3 is 5.32 Å². The van der Waals surface area contributed by atoms with Crippen molar-refractivity contribution in [2.45, 2.75) is 38.8 Å². The van der Waals surface area contributed by atoms with Crippen LogP contribution in [-0.2, 0) is 18.4 Å². The van der Waals surface area contributed by atoms with Crippen LogP contribution >= 0.6 is 0 Å². The minimum absolute atomic E-state index is 0.314. The fourth-order valence-electron chi connectivity index (χ4n) is 2.27. The van der Waals surface area contributed by atoms with Crippen LogP contribution in [0.25, 0.3) is 0 Å².